The zero-order chi connectivity index (χ0) is 12.3. The lowest BCUT2D eigenvalue weighted by Gasteiger charge is -2.20. The van der Waals surface area contributed by atoms with Crippen molar-refractivity contribution >= 4 is 17.4 Å². The van der Waals surface area contributed by atoms with Crippen molar-refractivity contribution in [1.29, 1.82) is 0 Å². The minimum atomic E-state index is 0.581. The number of nitrogens with zero attached hydrogens (tertiary/aromatic N) is 1. The summed E-state index contributed by atoms with van der Waals surface area (Å²) in [6.07, 6.45) is 3.38. The van der Waals surface area contributed by atoms with Crippen molar-refractivity contribution in [2.45, 2.75) is 37.2 Å². The van der Waals surface area contributed by atoms with E-state index in [0.717, 1.165) is 6.54 Å². The molecule has 1 aromatic carbocycles. The molecule has 1 atom stereocenters. The summed E-state index contributed by atoms with van der Waals surface area (Å²) >= 11 is 1.81. The Morgan fingerprint density at radius 1 is 1.41 bits per heavy atom. The lowest BCUT2D eigenvalue weighted by molar-refractivity contribution is 0.492. The van der Waals surface area contributed by atoms with E-state index in [1.165, 1.54) is 23.5 Å². The highest BCUT2D eigenvalue weighted by atomic mass is 32.2. The van der Waals surface area contributed by atoms with Crippen molar-refractivity contribution < 1.29 is 0 Å². The number of benzene rings is 1. The summed E-state index contributed by atoms with van der Waals surface area (Å²) in [5.74, 6) is 0. The van der Waals surface area contributed by atoms with E-state index in [4.69, 9.17) is 0 Å². The molecule has 1 N–H and O–H groups in total. The molecule has 2 nitrogen and oxygen atoms in total. The van der Waals surface area contributed by atoms with Crippen molar-refractivity contribution in [3.8, 4) is 0 Å². The van der Waals surface area contributed by atoms with Crippen molar-refractivity contribution in [2.24, 2.45) is 0 Å². The topological polar surface area (TPSA) is 15.3 Å². The van der Waals surface area contributed by atoms with E-state index in [1.807, 2.05) is 11.8 Å². The van der Waals surface area contributed by atoms with Gasteiger partial charge in [-0.2, -0.15) is 0 Å². The van der Waals surface area contributed by atoms with E-state index < -0.39 is 0 Å². The molecule has 3 heteroatoms. The molecule has 1 fully saturated rings. The average Bonchev–Trinajstić information content (AvgIpc) is 2.77. The normalized spacial score (nSPS) is 20.2. The number of nitrogens with one attached hydrogen (secondary N) is 1. The van der Waals surface area contributed by atoms with E-state index in [2.05, 4.69) is 54.6 Å². The van der Waals surface area contributed by atoms with Crippen molar-refractivity contribution in [3.63, 3.8) is 0 Å². The van der Waals surface area contributed by atoms with Gasteiger partial charge in [0.05, 0.1) is 0 Å². The van der Waals surface area contributed by atoms with Crippen LogP contribution < -0.4 is 10.2 Å². The van der Waals surface area contributed by atoms with E-state index in [-0.39, 0.29) is 0 Å². The second kappa shape index (κ2) is 5.78. The van der Waals surface area contributed by atoms with E-state index >= 15 is 0 Å². The molecule has 1 aliphatic rings. The smallest absolute Gasteiger partial charge is 0.0377 e. The predicted molar refractivity (Wildman–Crippen MR) is 77.1 cm³/mol. The minimum Gasteiger partial charge on any atom is -0.370 e. The van der Waals surface area contributed by atoms with Gasteiger partial charge in [0.15, 0.2) is 0 Å². The molecular formula is C14H22N2S. The number of thioether (sulfide) groups is 1. The SMILES string of the molecule is CSc1cccc(N2CCC(NC(C)C)C2)c1. The quantitative estimate of drug-likeness (QED) is 0.827. The van der Waals surface area contributed by atoms with Crippen LogP contribution in [0.15, 0.2) is 29.2 Å². The van der Waals surface area contributed by atoms with Crippen molar-refractivity contribution in [3.05, 3.63) is 24.3 Å². The van der Waals surface area contributed by atoms with E-state index in [0.29, 0.717) is 12.1 Å². The second-order valence-electron chi connectivity index (χ2n) is 4.95. The van der Waals surface area contributed by atoms with Crippen LogP contribution in [0.5, 0.6) is 0 Å². The summed E-state index contributed by atoms with van der Waals surface area (Å²) in [5.41, 5.74) is 1.37. The number of rotatable bonds is 4. The Balaban J connectivity index is 1.99. The highest BCUT2D eigenvalue weighted by Crippen LogP contribution is 2.25. The van der Waals surface area contributed by atoms with Crippen LogP contribution in [0.25, 0.3) is 0 Å². The largest absolute Gasteiger partial charge is 0.370 e. The first-order valence-corrected chi connectivity index (χ1v) is 7.56. The predicted octanol–water partition coefficient (Wildman–Crippen LogP) is 2.99. The van der Waals surface area contributed by atoms with Gasteiger partial charge in [0.1, 0.15) is 0 Å². The summed E-state index contributed by atoms with van der Waals surface area (Å²) < 4.78 is 0. The molecule has 0 amide bonds. The second-order valence-corrected chi connectivity index (χ2v) is 5.83. The fourth-order valence-corrected chi connectivity index (χ4v) is 2.86. The summed E-state index contributed by atoms with van der Waals surface area (Å²) in [6, 6.07) is 10.1. The van der Waals surface area contributed by atoms with Gasteiger partial charge in [-0.05, 0) is 30.9 Å². The third-order valence-electron chi connectivity index (χ3n) is 3.18. The summed E-state index contributed by atoms with van der Waals surface area (Å²) in [6.45, 7) is 6.74. The van der Waals surface area contributed by atoms with Gasteiger partial charge in [0.2, 0.25) is 0 Å². The molecule has 0 radical (unpaired) electrons. The zero-order valence-corrected chi connectivity index (χ0v) is 11.8. The maximum absolute atomic E-state index is 3.62. The monoisotopic (exact) mass is 250 g/mol. The minimum absolute atomic E-state index is 0.581. The van der Waals surface area contributed by atoms with Gasteiger partial charge in [0.25, 0.3) is 0 Å². The fraction of sp³-hybridized carbons (Fsp3) is 0.571. The Morgan fingerprint density at radius 3 is 2.94 bits per heavy atom. The van der Waals surface area contributed by atoms with Crippen LogP contribution in [0.1, 0.15) is 20.3 Å². The molecule has 1 heterocycles. The Labute approximate surface area is 109 Å². The third-order valence-corrected chi connectivity index (χ3v) is 3.90. The van der Waals surface area contributed by atoms with Crippen molar-refractivity contribution in [1.82, 2.24) is 5.32 Å². The first-order chi connectivity index (χ1) is 8.19. The van der Waals surface area contributed by atoms with Crippen LogP contribution in [0.3, 0.4) is 0 Å². The Bertz CT molecular complexity index is 365. The lowest BCUT2D eigenvalue weighted by atomic mass is 10.2. The van der Waals surface area contributed by atoms with Gasteiger partial charge >= 0.3 is 0 Å². The van der Waals surface area contributed by atoms with Gasteiger partial charge in [-0.1, -0.05) is 19.9 Å². The molecule has 1 aromatic rings. The molecule has 17 heavy (non-hydrogen) atoms. The van der Waals surface area contributed by atoms with Gasteiger partial charge in [-0.3, -0.25) is 0 Å². The summed E-state index contributed by atoms with van der Waals surface area (Å²) in [7, 11) is 0. The zero-order valence-electron chi connectivity index (χ0n) is 10.9. The van der Waals surface area contributed by atoms with Gasteiger partial charge in [-0.15, -0.1) is 11.8 Å². The van der Waals surface area contributed by atoms with E-state index in [1.54, 1.807) is 0 Å². The number of hydrogen-bond donors (Lipinski definition) is 1. The molecule has 0 saturated carbocycles. The third kappa shape index (κ3) is 3.39. The standard InChI is InChI=1S/C14H22N2S/c1-11(2)15-12-7-8-16(10-12)13-5-4-6-14(9-13)17-3/h4-6,9,11-12,15H,7-8,10H2,1-3H3. The highest BCUT2D eigenvalue weighted by Gasteiger charge is 2.22. The fourth-order valence-electron chi connectivity index (χ4n) is 2.41. The van der Waals surface area contributed by atoms with Crippen LogP contribution >= 0.6 is 11.8 Å². The molecule has 1 saturated heterocycles. The lowest BCUT2D eigenvalue weighted by Crippen LogP contribution is -2.37. The highest BCUT2D eigenvalue weighted by molar-refractivity contribution is 7.98. The molecule has 1 unspecified atom stereocenters. The first-order valence-electron chi connectivity index (χ1n) is 6.34. The molecule has 2 rings (SSSR count). The number of hydrogen-bond acceptors (Lipinski definition) is 3. The maximum atomic E-state index is 3.62. The molecule has 0 bridgehead atoms. The maximum Gasteiger partial charge on any atom is 0.0377 e. The molecular weight excluding hydrogens is 228 g/mol. The average molecular weight is 250 g/mol. The first kappa shape index (κ1) is 12.8. The Kier molecular flexibility index (Phi) is 4.35. The number of anilines is 1. The summed E-state index contributed by atoms with van der Waals surface area (Å²) in [5, 5.41) is 3.62. The summed E-state index contributed by atoms with van der Waals surface area (Å²) in [4.78, 5) is 3.84. The van der Waals surface area contributed by atoms with Crippen molar-refractivity contribution in [2.75, 3.05) is 24.2 Å². The molecule has 0 aromatic heterocycles. The van der Waals surface area contributed by atoms with E-state index in [9.17, 15) is 0 Å². The Hall–Kier alpha value is -0.670. The molecule has 1 aliphatic heterocycles. The van der Waals surface area contributed by atoms with Crippen LogP contribution in [-0.2, 0) is 0 Å². The molecule has 0 spiro atoms. The molecule has 94 valence electrons. The van der Waals surface area contributed by atoms with Gasteiger partial charge in [-0.25, -0.2) is 0 Å². The van der Waals surface area contributed by atoms with Crippen LogP contribution in [-0.4, -0.2) is 31.4 Å². The van der Waals surface area contributed by atoms with Gasteiger partial charge in [0, 0.05) is 35.8 Å². The molecule has 0 aliphatic carbocycles. The Morgan fingerprint density at radius 2 is 2.24 bits per heavy atom. The van der Waals surface area contributed by atoms with Gasteiger partial charge < -0.3 is 10.2 Å². The van der Waals surface area contributed by atoms with Crippen LogP contribution in [0.2, 0.25) is 0 Å². The van der Waals surface area contributed by atoms with Crippen LogP contribution in [0, 0.1) is 0 Å². The van der Waals surface area contributed by atoms with Crippen LogP contribution in [0.4, 0.5) is 5.69 Å².